The van der Waals surface area contributed by atoms with E-state index in [2.05, 4.69) is 20.7 Å². The monoisotopic (exact) mass is 462 g/mol. The molecule has 9 nitrogen and oxygen atoms in total. The van der Waals surface area contributed by atoms with E-state index < -0.39 is 18.2 Å². The molecule has 4 rings (SSSR count). The Kier molecular flexibility index (Phi) is 6.39. The summed E-state index contributed by atoms with van der Waals surface area (Å²) in [5.74, 6) is -0.148. The van der Waals surface area contributed by atoms with Crippen LogP contribution in [0.4, 0.5) is 19.8 Å². The van der Waals surface area contributed by atoms with Gasteiger partial charge in [-0.25, -0.2) is 23.6 Å². The van der Waals surface area contributed by atoms with Crippen LogP contribution in [-0.4, -0.2) is 26.9 Å². The van der Waals surface area contributed by atoms with E-state index in [1.54, 1.807) is 36.0 Å². The molecule has 4 aromatic rings. The molecule has 0 saturated heterocycles. The number of carbonyl (C=O) groups is 2. The number of amides is 3. The van der Waals surface area contributed by atoms with Crippen molar-refractivity contribution in [3.8, 4) is 5.69 Å². The van der Waals surface area contributed by atoms with Crippen LogP contribution in [0.25, 0.3) is 16.6 Å². The van der Waals surface area contributed by atoms with E-state index in [-0.39, 0.29) is 17.7 Å². The summed E-state index contributed by atoms with van der Waals surface area (Å²) in [7, 11) is 0. The lowest BCUT2D eigenvalue weighted by Gasteiger charge is -2.17. The molecule has 10 heteroatoms. The average Bonchev–Trinajstić information content (AvgIpc) is 3.23. The summed E-state index contributed by atoms with van der Waals surface area (Å²) >= 11 is 0. The molecule has 0 bridgehead atoms. The molecule has 2 aromatic carbocycles. The van der Waals surface area contributed by atoms with Gasteiger partial charge in [-0.05, 0) is 49.7 Å². The zero-order valence-corrected chi connectivity index (χ0v) is 18.5. The Morgan fingerprint density at radius 1 is 1.09 bits per heavy atom. The van der Waals surface area contributed by atoms with Gasteiger partial charge in [0.2, 0.25) is 0 Å². The van der Waals surface area contributed by atoms with Crippen molar-refractivity contribution in [1.29, 1.82) is 0 Å². The number of pyridine rings is 1. The number of carbonyl (C=O) groups excluding carboxylic acids is 2. The molecule has 2 aromatic heterocycles. The average molecular weight is 462 g/mol. The second kappa shape index (κ2) is 9.57. The number of primary amides is 1. The smallest absolute Gasteiger partial charge is 0.405 e. The fourth-order valence-electron chi connectivity index (χ4n) is 3.62. The van der Waals surface area contributed by atoms with Crippen molar-refractivity contribution in [1.82, 2.24) is 20.1 Å². The molecule has 0 spiro atoms. The largest absolute Gasteiger partial charge is 0.440 e. The maximum Gasteiger partial charge on any atom is 0.405 e. The number of aromatic nitrogens is 3. The number of halogens is 1. The first-order chi connectivity index (χ1) is 16.3. The Hall–Kier alpha value is -4.47. The number of benzene rings is 2. The highest BCUT2D eigenvalue weighted by Gasteiger charge is 2.21. The number of anilines is 1. The van der Waals surface area contributed by atoms with Gasteiger partial charge in [0.05, 0.1) is 23.4 Å². The number of hydrogen-bond donors (Lipinski definition) is 3. The fourth-order valence-corrected chi connectivity index (χ4v) is 3.62. The van der Waals surface area contributed by atoms with Crippen molar-refractivity contribution in [3.05, 3.63) is 83.9 Å². The van der Waals surface area contributed by atoms with E-state index in [9.17, 15) is 14.0 Å². The van der Waals surface area contributed by atoms with Crippen molar-refractivity contribution in [3.63, 3.8) is 0 Å². The molecule has 0 saturated carbocycles. The first-order valence-corrected chi connectivity index (χ1v) is 10.5. The Morgan fingerprint density at radius 2 is 1.79 bits per heavy atom. The number of urea groups is 1. The topological polar surface area (TPSA) is 124 Å². The van der Waals surface area contributed by atoms with E-state index in [0.29, 0.717) is 22.3 Å². The molecule has 2 heterocycles. The lowest BCUT2D eigenvalue weighted by molar-refractivity contribution is 0.115. The Labute approximate surface area is 194 Å². The lowest BCUT2D eigenvalue weighted by Crippen LogP contribution is -2.31. The molecule has 34 heavy (non-hydrogen) atoms. The number of ether oxygens (including phenoxy) is 1. The quantitative estimate of drug-likeness (QED) is 0.386. The second-order valence-electron chi connectivity index (χ2n) is 7.67. The van der Waals surface area contributed by atoms with Gasteiger partial charge in [0.25, 0.3) is 0 Å². The summed E-state index contributed by atoms with van der Waals surface area (Å²) in [4.78, 5) is 28.5. The number of fused-ring (bicyclic) bond motifs is 1. The minimum Gasteiger partial charge on any atom is -0.440 e. The van der Waals surface area contributed by atoms with Crippen LogP contribution in [0.3, 0.4) is 0 Å². The molecule has 0 fully saturated rings. The molecule has 2 atom stereocenters. The van der Waals surface area contributed by atoms with Crippen molar-refractivity contribution < 1.29 is 18.7 Å². The van der Waals surface area contributed by atoms with Gasteiger partial charge in [0, 0.05) is 5.39 Å². The van der Waals surface area contributed by atoms with E-state index in [1.165, 1.54) is 12.1 Å². The lowest BCUT2D eigenvalue weighted by atomic mass is 10.1. The van der Waals surface area contributed by atoms with Gasteiger partial charge in [-0.2, -0.15) is 5.10 Å². The Morgan fingerprint density at radius 3 is 2.47 bits per heavy atom. The number of hydrogen-bond acceptors (Lipinski definition) is 5. The van der Waals surface area contributed by atoms with Gasteiger partial charge in [-0.15, -0.1) is 0 Å². The van der Waals surface area contributed by atoms with Gasteiger partial charge >= 0.3 is 12.1 Å². The minimum absolute atomic E-state index is 0.234. The van der Waals surface area contributed by atoms with Crippen LogP contribution in [-0.2, 0) is 4.74 Å². The normalized spacial score (nSPS) is 12.7. The summed E-state index contributed by atoms with van der Waals surface area (Å²) in [6, 6.07) is 16.2. The number of nitrogens with two attached hydrogens (primary N) is 1. The Bertz CT molecular complexity index is 1320. The van der Waals surface area contributed by atoms with Gasteiger partial charge in [-0.1, -0.05) is 30.3 Å². The van der Waals surface area contributed by atoms with E-state index in [0.717, 1.165) is 5.56 Å². The van der Waals surface area contributed by atoms with Crippen molar-refractivity contribution in [2.24, 2.45) is 5.73 Å². The molecule has 0 aliphatic rings. The molecule has 174 valence electrons. The summed E-state index contributed by atoms with van der Waals surface area (Å²) < 4.78 is 20.1. The first kappa shape index (κ1) is 22.7. The standard InChI is InChI=1S/C24H23FN6O3/c1-14(16-6-4-3-5-7-16)28-24(33)30-20-12-17-13-27-31(19-10-8-18(25)9-11-19)22(17)21(29-20)15(2)34-23(26)32/h3-15H,1-2H3,(H2,26,32)(H2,28,29,30,33)/t14-,15?/m1/s1. The first-order valence-electron chi connectivity index (χ1n) is 10.5. The molecule has 0 aliphatic carbocycles. The van der Waals surface area contributed by atoms with Gasteiger partial charge in [0.15, 0.2) is 0 Å². The maximum absolute atomic E-state index is 13.4. The molecule has 3 amide bonds. The van der Waals surface area contributed by atoms with E-state index in [4.69, 9.17) is 10.5 Å². The van der Waals surface area contributed by atoms with Crippen LogP contribution in [0.15, 0.2) is 66.9 Å². The van der Waals surface area contributed by atoms with Crippen LogP contribution in [0.5, 0.6) is 0 Å². The molecular weight excluding hydrogens is 439 g/mol. The fraction of sp³-hybridized carbons (Fsp3) is 0.167. The third kappa shape index (κ3) is 4.96. The number of rotatable bonds is 6. The SMILES string of the molecule is CC(OC(N)=O)c1nc(NC(=O)N[C@H](C)c2ccccc2)cc2cnn(-c3ccc(F)cc3)c12. The predicted molar refractivity (Wildman–Crippen MR) is 125 cm³/mol. The zero-order valence-electron chi connectivity index (χ0n) is 18.5. The van der Waals surface area contributed by atoms with E-state index >= 15 is 0 Å². The number of nitrogens with zero attached hydrogens (tertiary/aromatic N) is 3. The molecule has 4 N–H and O–H groups in total. The maximum atomic E-state index is 13.4. The summed E-state index contributed by atoms with van der Waals surface area (Å²) in [5.41, 5.74) is 7.60. The van der Waals surface area contributed by atoms with Gasteiger partial charge in [0.1, 0.15) is 23.4 Å². The summed E-state index contributed by atoms with van der Waals surface area (Å²) in [5, 5.41) is 10.6. The summed E-state index contributed by atoms with van der Waals surface area (Å²) in [6.07, 6.45) is -0.233. The molecule has 0 radical (unpaired) electrons. The van der Waals surface area contributed by atoms with E-state index in [1.807, 2.05) is 37.3 Å². The Balaban J connectivity index is 1.67. The van der Waals surface area contributed by atoms with Crippen molar-refractivity contribution >= 4 is 28.8 Å². The predicted octanol–water partition coefficient (Wildman–Crippen LogP) is 4.60. The van der Waals surface area contributed by atoms with Crippen LogP contribution in [0, 0.1) is 5.82 Å². The van der Waals surface area contributed by atoms with Gasteiger partial charge in [-0.3, -0.25) is 5.32 Å². The van der Waals surface area contributed by atoms with Crippen LogP contribution < -0.4 is 16.4 Å². The highest BCUT2D eigenvalue weighted by atomic mass is 19.1. The molecular formula is C24H23FN6O3. The molecule has 1 unspecified atom stereocenters. The van der Waals surface area contributed by atoms with Crippen LogP contribution >= 0.6 is 0 Å². The highest BCUT2D eigenvalue weighted by molar-refractivity contribution is 5.92. The molecule has 0 aliphatic heterocycles. The van der Waals surface area contributed by atoms with Crippen molar-refractivity contribution in [2.45, 2.75) is 26.0 Å². The minimum atomic E-state index is -0.969. The van der Waals surface area contributed by atoms with Crippen molar-refractivity contribution in [2.75, 3.05) is 5.32 Å². The van der Waals surface area contributed by atoms with Gasteiger partial charge < -0.3 is 15.8 Å². The number of nitrogens with one attached hydrogen (secondary N) is 2. The van der Waals surface area contributed by atoms with Crippen LogP contribution in [0.2, 0.25) is 0 Å². The summed E-state index contributed by atoms with van der Waals surface area (Å²) in [6.45, 7) is 3.47. The zero-order chi connectivity index (χ0) is 24.2. The highest BCUT2D eigenvalue weighted by Crippen LogP contribution is 2.29. The van der Waals surface area contributed by atoms with Crippen LogP contribution in [0.1, 0.15) is 37.3 Å². The third-order valence-electron chi connectivity index (χ3n) is 5.21. The third-order valence-corrected chi connectivity index (χ3v) is 5.21. The second-order valence-corrected chi connectivity index (χ2v) is 7.67.